The molecule has 6 heteroatoms. The molecule has 0 bridgehead atoms. The Bertz CT molecular complexity index is 361. The van der Waals surface area contributed by atoms with Crippen molar-refractivity contribution in [3.63, 3.8) is 0 Å². The Kier molecular flexibility index (Phi) is 5.99. The van der Waals surface area contributed by atoms with Gasteiger partial charge in [-0.05, 0) is 26.7 Å². The molecule has 0 saturated carbocycles. The van der Waals surface area contributed by atoms with Crippen molar-refractivity contribution in [1.29, 1.82) is 0 Å². The summed E-state index contributed by atoms with van der Waals surface area (Å²) >= 11 is 0. The number of ether oxygens (including phenoxy) is 1. The minimum absolute atomic E-state index is 0.0384. The molecule has 2 fully saturated rings. The Labute approximate surface area is 126 Å². The minimum atomic E-state index is -0.111. The zero-order valence-corrected chi connectivity index (χ0v) is 13.1. The van der Waals surface area contributed by atoms with E-state index >= 15 is 0 Å². The molecule has 0 aromatic carbocycles. The Balaban J connectivity index is 1.80. The molecular formula is C15H27N3O3. The molecule has 1 unspecified atom stereocenters. The van der Waals surface area contributed by atoms with Crippen molar-refractivity contribution in [3.8, 4) is 0 Å². The van der Waals surface area contributed by atoms with Gasteiger partial charge < -0.3 is 15.0 Å². The summed E-state index contributed by atoms with van der Waals surface area (Å²) in [7, 11) is 0. The fourth-order valence-electron chi connectivity index (χ4n) is 3.09. The van der Waals surface area contributed by atoms with E-state index in [4.69, 9.17) is 4.74 Å². The molecule has 2 saturated heterocycles. The first-order valence-corrected chi connectivity index (χ1v) is 8.03. The van der Waals surface area contributed by atoms with E-state index in [0.29, 0.717) is 19.7 Å². The van der Waals surface area contributed by atoms with Gasteiger partial charge in [0.05, 0.1) is 18.6 Å². The lowest BCUT2D eigenvalue weighted by atomic mass is 9.96. The van der Waals surface area contributed by atoms with Crippen molar-refractivity contribution in [2.75, 3.05) is 45.9 Å². The van der Waals surface area contributed by atoms with Crippen molar-refractivity contribution in [2.45, 2.75) is 32.7 Å². The number of amides is 1. The summed E-state index contributed by atoms with van der Waals surface area (Å²) in [6.45, 7) is 9.32. The molecule has 2 aliphatic heterocycles. The quantitative estimate of drug-likeness (QED) is 0.745. The van der Waals surface area contributed by atoms with Gasteiger partial charge in [-0.3, -0.25) is 14.5 Å². The van der Waals surface area contributed by atoms with Crippen LogP contribution in [-0.2, 0) is 14.3 Å². The number of piperidine rings is 1. The van der Waals surface area contributed by atoms with Crippen LogP contribution in [0.3, 0.4) is 0 Å². The van der Waals surface area contributed by atoms with E-state index in [2.05, 4.69) is 10.2 Å². The van der Waals surface area contributed by atoms with E-state index in [-0.39, 0.29) is 23.8 Å². The second kappa shape index (κ2) is 7.75. The van der Waals surface area contributed by atoms with Crippen molar-refractivity contribution < 1.29 is 14.3 Å². The van der Waals surface area contributed by atoms with Crippen molar-refractivity contribution in [1.82, 2.24) is 15.1 Å². The topological polar surface area (TPSA) is 61.9 Å². The van der Waals surface area contributed by atoms with Crippen LogP contribution in [0.15, 0.2) is 0 Å². The number of nitrogens with zero attached hydrogens (tertiary/aromatic N) is 2. The number of hydrogen-bond acceptors (Lipinski definition) is 5. The van der Waals surface area contributed by atoms with Crippen molar-refractivity contribution >= 4 is 11.9 Å². The third-order valence-electron chi connectivity index (χ3n) is 4.48. The van der Waals surface area contributed by atoms with E-state index in [1.54, 1.807) is 0 Å². The molecule has 21 heavy (non-hydrogen) atoms. The predicted octanol–water partition coefficient (Wildman–Crippen LogP) is 0.0818. The van der Waals surface area contributed by atoms with Gasteiger partial charge in [0, 0.05) is 39.3 Å². The van der Waals surface area contributed by atoms with Gasteiger partial charge in [0.1, 0.15) is 0 Å². The van der Waals surface area contributed by atoms with Gasteiger partial charge in [0.2, 0.25) is 5.91 Å². The average molecular weight is 297 g/mol. The Hall–Kier alpha value is -1.14. The van der Waals surface area contributed by atoms with Gasteiger partial charge in [0.15, 0.2) is 0 Å². The van der Waals surface area contributed by atoms with Crippen LogP contribution in [0, 0.1) is 5.92 Å². The summed E-state index contributed by atoms with van der Waals surface area (Å²) < 4.78 is 5.06. The second-order valence-electron chi connectivity index (χ2n) is 5.81. The lowest BCUT2D eigenvalue weighted by molar-refractivity contribution is -0.152. The molecule has 2 heterocycles. The highest BCUT2D eigenvalue weighted by Gasteiger charge is 2.32. The van der Waals surface area contributed by atoms with E-state index in [0.717, 1.165) is 39.0 Å². The number of carbonyl (C=O) groups excluding carboxylic acids is 2. The minimum Gasteiger partial charge on any atom is -0.466 e. The maximum absolute atomic E-state index is 12.5. The van der Waals surface area contributed by atoms with Gasteiger partial charge in [-0.15, -0.1) is 0 Å². The van der Waals surface area contributed by atoms with Crippen LogP contribution in [0.2, 0.25) is 0 Å². The van der Waals surface area contributed by atoms with Gasteiger partial charge in [-0.2, -0.15) is 0 Å². The third-order valence-corrected chi connectivity index (χ3v) is 4.48. The molecule has 0 aromatic heterocycles. The molecular weight excluding hydrogens is 270 g/mol. The van der Waals surface area contributed by atoms with Crippen LogP contribution in [0.4, 0.5) is 0 Å². The zero-order chi connectivity index (χ0) is 15.2. The van der Waals surface area contributed by atoms with Crippen LogP contribution in [0.1, 0.15) is 26.7 Å². The number of esters is 1. The van der Waals surface area contributed by atoms with E-state index in [9.17, 15) is 9.59 Å². The Morgan fingerprint density at radius 2 is 1.81 bits per heavy atom. The first-order valence-electron chi connectivity index (χ1n) is 8.03. The lowest BCUT2D eigenvalue weighted by Gasteiger charge is -2.37. The largest absolute Gasteiger partial charge is 0.466 e. The number of piperazine rings is 1. The van der Waals surface area contributed by atoms with Crippen LogP contribution in [0.25, 0.3) is 0 Å². The molecule has 1 atom stereocenters. The zero-order valence-electron chi connectivity index (χ0n) is 13.1. The Morgan fingerprint density at radius 3 is 2.38 bits per heavy atom. The maximum atomic E-state index is 12.5. The van der Waals surface area contributed by atoms with Gasteiger partial charge in [-0.1, -0.05) is 0 Å². The maximum Gasteiger partial charge on any atom is 0.309 e. The standard InChI is InChI=1S/C15H27N3O3/c1-3-21-15(20)13-4-8-18(9-5-13)14(19)12(2)17-10-6-16-7-11-17/h12-13,16H,3-11H2,1-2H3. The number of hydrogen-bond donors (Lipinski definition) is 1. The first kappa shape index (κ1) is 16.2. The Morgan fingerprint density at radius 1 is 1.19 bits per heavy atom. The summed E-state index contributed by atoms with van der Waals surface area (Å²) in [4.78, 5) is 28.4. The molecule has 2 aliphatic rings. The van der Waals surface area contributed by atoms with E-state index in [1.165, 1.54) is 0 Å². The van der Waals surface area contributed by atoms with Crippen molar-refractivity contribution in [3.05, 3.63) is 0 Å². The summed E-state index contributed by atoms with van der Waals surface area (Å²) in [5, 5.41) is 3.30. The molecule has 120 valence electrons. The monoisotopic (exact) mass is 297 g/mol. The normalized spacial score (nSPS) is 22.9. The van der Waals surface area contributed by atoms with E-state index < -0.39 is 0 Å². The van der Waals surface area contributed by atoms with Crippen LogP contribution in [0.5, 0.6) is 0 Å². The SMILES string of the molecule is CCOC(=O)C1CCN(C(=O)C(C)N2CCNCC2)CC1. The van der Waals surface area contributed by atoms with E-state index in [1.807, 2.05) is 18.7 Å². The number of likely N-dealkylation sites (tertiary alicyclic amines) is 1. The van der Waals surface area contributed by atoms with Crippen molar-refractivity contribution in [2.24, 2.45) is 5.92 Å². The number of nitrogens with one attached hydrogen (secondary N) is 1. The highest BCUT2D eigenvalue weighted by atomic mass is 16.5. The predicted molar refractivity (Wildman–Crippen MR) is 79.8 cm³/mol. The second-order valence-corrected chi connectivity index (χ2v) is 5.81. The van der Waals surface area contributed by atoms with Gasteiger partial charge >= 0.3 is 5.97 Å². The molecule has 1 amide bonds. The van der Waals surface area contributed by atoms with Crippen LogP contribution < -0.4 is 5.32 Å². The first-order chi connectivity index (χ1) is 10.1. The molecule has 2 rings (SSSR count). The smallest absolute Gasteiger partial charge is 0.309 e. The molecule has 1 N–H and O–H groups in total. The summed E-state index contributed by atoms with van der Waals surface area (Å²) in [6, 6.07) is -0.0637. The van der Waals surface area contributed by atoms with Gasteiger partial charge in [-0.25, -0.2) is 0 Å². The highest BCUT2D eigenvalue weighted by Crippen LogP contribution is 2.20. The van der Waals surface area contributed by atoms with Crippen LogP contribution in [-0.4, -0.2) is 73.6 Å². The summed E-state index contributed by atoms with van der Waals surface area (Å²) in [6.07, 6.45) is 1.44. The molecule has 0 radical (unpaired) electrons. The summed E-state index contributed by atoms with van der Waals surface area (Å²) in [5.74, 6) is 0.0439. The highest BCUT2D eigenvalue weighted by molar-refractivity contribution is 5.82. The fraction of sp³-hybridized carbons (Fsp3) is 0.867. The van der Waals surface area contributed by atoms with Crippen LogP contribution >= 0.6 is 0 Å². The molecule has 6 nitrogen and oxygen atoms in total. The lowest BCUT2D eigenvalue weighted by Crippen LogP contribution is -2.54. The molecule has 0 aliphatic carbocycles. The third kappa shape index (κ3) is 4.17. The average Bonchev–Trinajstić information content (AvgIpc) is 2.54. The number of rotatable bonds is 4. The fourth-order valence-corrected chi connectivity index (χ4v) is 3.09. The summed E-state index contributed by atoms with van der Waals surface area (Å²) in [5.41, 5.74) is 0. The molecule has 0 aromatic rings. The van der Waals surface area contributed by atoms with Gasteiger partial charge in [0.25, 0.3) is 0 Å². The number of carbonyl (C=O) groups is 2. The molecule has 0 spiro atoms.